The predicted octanol–water partition coefficient (Wildman–Crippen LogP) is 8.67. The smallest absolute Gasteiger partial charge is 0.336 e. The second kappa shape index (κ2) is 12.6. The molecule has 0 spiro atoms. The third-order valence-electron chi connectivity index (χ3n) is 10.2. The summed E-state index contributed by atoms with van der Waals surface area (Å²) in [4.78, 5) is 50.0. The summed E-state index contributed by atoms with van der Waals surface area (Å²) in [6.45, 7) is 2.10. The summed E-state index contributed by atoms with van der Waals surface area (Å²) in [6.07, 6.45) is 0. The van der Waals surface area contributed by atoms with Crippen molar-refractivity contribution >= 4 is 51.0 Å². The molecule has 0 aromatic heterocycles. The maximum atomic E-state index is 13.5. The van der Waals surface area contributed by atoms with Crippen molar-refractivity contribution in [3.05, 3.63) is 184 Å². The van der Waals surface area contributed by atoms with Gasteiger partial charge in [0.2, 0.25) is 0 Å². The monoisotopic (exact) mass is 696 g/mol. The number of aromatic carboxylic acids is 2. The molecule has 0 heterocycles. The zero-order valence-electron chi connectivity index (χ0n) is 28.7. The van der Waals surface area contributed by atoms with Gasteiger partial charge in [0.25, 0.3) is 11.8 Å². The van der Waals surface area contributed by atoms with Crippen LogP contribution in [0.3, 0.4) is 0 Å². The number of aryl methyl sites for hydroxylation is 1. The van der Waals surface area contributed by atoms with Crippen molar-refractivity contribution in [3.63, 3.8) is 0 Å². The van der Waals surface area contributed by atoms with Crippen LogP contribution in [0, 0.1) is 6.92 Å². The minimum atomic E-state index is -1.50. The fourth-order valence-electron chi connectivity index (χ4n) is 7.84. The summed E-state index contributed by atoms with van der Waals surface area (Å²) in [7, 11) is 1.31. The van der Waals surface area contributed by atoms with E-state index in [-0.39, 0.29) is 11.1 Å². The topological polar surface area (TPSA) is 133 Å². The lowest BCUT2D eigenvalue weighted by Crippen LogP contribution is -2.28. The Hall–Kier alpha value is -7.06. The number of rotatable bonds is 7. The predicted molar refractivity (Wildman–Crippen MR) is 205 cm³/mol. The van der Waals surface area contributed by atoms with Crippen molar-refractivity contribution in [2.45, 2.75) is 12.3 Å². The Labute approximate surface area is 304 Å². The van der Waals surface area contributed by atoms with E-state index in [1.807, 2.05) is 12.1 Å². The van der Waals surface area contributed by atoms with E-state index in [2.05, 4.69) is 115 Å². The van der Waals surface area contributed by atoms with Crippen molar-refractivity contribution in [2.75, 3.05) is 12.4 Å². The number of anilines is 1. The van der Waals surface area contributed by atoms with E-state index >= 15 is 0 Å². The van der Waals surface area contributed by atoms with Crippen LogP contribution in [0.15, 0.2) is 133 Å². The van der Waals surface area contributed by atoms with E-state index in [4.69, 9.17) is 0 Å². The highest BCUT2D eigenvalue weighted by atomic mass is 16.4. The van der Waals surface area contributed by atoms with E-state index in [0.717, 1.165) is 39.4 Å². The zero-order chi connectivity index (χ0) is 37.0. The van der Waals surface area contributed by atoms with Gasteiger partial charge in [-0.15, -0.1) is 0 Å². The molecular weight excluding hydrogens is 665 g/mol. The molecule has 2 amide bonds. The highest BCUT2D eigenvalue weighted by molar-refractivity contribution is 6.15. The van der Waals surface area contributed by atoms with Crippen molar-refractivity contribution < 1.29 is 29.4 Å². The van der Waals surface area contributed by atoms with Gasteiger partial charge < -0.3 is 20.8 Å². The molecule has 0 fully saturated rings. The molecule has 258 valence electrons. The van der Waals surface area contributed by atoms with E-state index in [9.17, 15) is 29.4 Å². The highest BCUT2D eigenvalue weighted by Gasteiger charge is 2.46. The molecule has 8 rings (SSSR count). The van der Waals surface area contributed by atoms with Gasteiger partial charge >= 0.3 is 11.9 Å². The molecule has 8 nitrogen and oxygen atoms in total. The van der Waals surface area contributed by atoms with Crippen LogP contribution in [0.4, 0.5) is 5.69 Å². The maximum absolute atomic E-state index is 13.5. The molecule has 4 N–H and O–H groups in total. The minimum Gasteiger partial charge on any atom is -0.478 e. The minimum absolute atomic E-state index is 0.327. The summed E-state index contributed by atoms with van der Waals surface area (Å²) in [5, 5.41) is 28.6. The van der Waals surface area contributed by atoms with Crippen LogP contribution in [0.5, 0.6) is 0 Å². The number of carbonyl (C=O) groups excluding carboxylic acids is 2. The first-order valence-electron chi connectivity index (χ1n) is 17.0. The number of fused-ring (bicyclic) bond motifs is 5. The number of hydrogen-bond acceptors (Lipinski definition) is 4. The van der Waals surface area contributed by atoms with E-state index in [1.165, 1.54) is 40.3 Å². The fourth-order valence-corrected chi connectivity index (χ4v) is 7.84. The average Bonchev–Trinajstić information content (AvgIpc) is 3.47. The van der Waals surface area contributed by atoms with Gasteiger partial charge in [-0.25, -0.2) is 9.59 Å². The molecule has 0 bridgehead atoms. The first kappa shape index (κ1) is 33.1. The van der Waals surface area contributed by atoms with Crippen LogP contribution in [0.25, 0.3) is 32.7 Å². The molecule has 7 aromatic rings. The lowest BCUT2D eigenvalue weighted by atomic mass is 9.67. The van der Waals surface area contributed by atoms with Crippen molar-refractivity contribution in [1.29, 1.82) is 0 Å². The number of benzene rings is 7. The average molecular weight is 697 g/mol. The molecule has 0 saturated carbocycles. The van der Waals surface area contributed by atoms with Crippen LogP contribution in [0.2, 0.25) is 0 Å². The molecule has 1 aliphatic carbocycles. The number of hydrogen-bond donors (Lipinski definition) is 4. The van der Waals surface area contributed by atoms with Crippen molar-refractivity contribution in [1.82, 2.24) is 5.32 Å². The zero-order valence-corrected chi connectivity index (χ0v) is 28.7. The van der Waals surface area contributed by atoms with Gasteiger partial charge in [-0.2, -0.15) is 0 Å². The molecule has 0 radical (unpaired) electrons. The molecule has 0 aliphatic heterocycles. The second-order valence-electron chi connectivity index (χ2n) is 13.3. The Morgan fingerprint density at radius 2 is 0.981 bits per heavy atom. The number of amides is 2. The molecule has 1 aliphatic rings. The van der Waals surface area contributed by atoms with Gasteiger partial charge in [0.1, 0.15) is 0 Å². The van der Waals surface area contributed by atoms with Gasteiger partial charge in [-0.1, -0.05) is 103 Å². The summed E-state index contributed by atoms with van der Waals surface area (Å²) in [6, 6.07) is 43.9. The Morgan fingerprint density at radius 1 is 0.509 bits per heavy atom. The Morgan fingerprint density at radius 3 is 1.55 bits per heavy atom. The van der Waals surface area contributed by atoms with Crippen LogP contribution < -0.4 is 10.6 Å². The molecular formula is C45H32N2O6. The van der Waals surface area contributed by atoms with Crippen LogP contribution in [-0.2, 0) is 5.41 Å². The number of carboxylic acids is 2. The molecule has 0 unspecified atom stereocenters. The van der Waals surface area contributed by atoms with Gasteiger partial charge in [0.15, 0.2) is 0 Å². The van der Waals surface area contributed by atoms with Crippen molar-refractivity contribution in [2.24, 2.45) is 0 Å². The third kappa shape index (κ3) is 5.31. The lowest BCUT2D eigenvalue weighted by Gasteiger charge is -2.34. The van der Waals surface area contributed by atoms with Crippen LogP contribution >= 0.6 is 0 Å². The molecule has 53 heavy (non-hydrogen) atoms. The van der Waals surface area contributed by atoms with Gasteiger partial charge in [-0.05, 0) is 98.2 Å². The molecule has 7 aromatic carbocycles. The first-order chi connectivity index (χ1) is 25.6. The standard InChI is InChI=1S/C45H32N2O6/c1-25-11-12-27-20-30(16-13-26(27)19-25)45(39-9-5-3-7-33(39)34-8-4-6-10-40(34)45)31-17-14-29-22-32(18-15-28(29)21-31)47-42(49)36-23-35(41(48)46-2)37(43(50)51)24-38(36)44(52)53/h3-24H,1-2H3,(H,46,48)(H,47,49)(H,50,51)(H,52,53). The van der Waals surface area contributed by atoms with Crippen LogP contribution in [0.1, 0.15) is 69.2 Å². The number of carboxylic acid groups (broad SMARTS) is 2. The summed E-state index contributed by atoms with van der Waals surface area (Å²) in [5.74, 6) is -4.56. The van der Waals surface area contributed by atoms with Crippen LogP contribution in [-0.4, -0.2) is 41.0 Å². The Bertz CT molecular complexity index is 2670. The Kier molecular flexibility index (Phi) is 7.88. The largest absolute Gasteiger partial charge is 0.478 e. The van der Waals surface area contributed by atoms with E-state index < -0.39 is 40.3 Å². The maximum Gasteiger partial charge on any atom is 0.336 e. The second-order valence-corrected chi connectivity index (χ2v) is 13.3. The van der Waals surface area contributed by atoms with Gasteiger partial charge in [0.05, 0.1) is 27.7 Å². The van der Waals surface area contributed by atoms with Gasteiger partial charge in [0, 0.05) is 12.7 Å². The molecule has 0 saturated heterocycles. The highest BCUT2D eigenvalue weighted by Crippen LogP contribution is 2.56. The normalized spacial score (nSPS) is 12.6. The summed E-state index contributed by atoms with van der Waals surface area (Å²) < 4.78 is 0. The molecule has 0 atom stereocenters. The first-order valence-corrected chi connectivity index (χ1v) is 17.0. The molecule has 8 heteroatoms. The number of nitrogens with one attached hydrogen (secondary N) is 2. The Balaban J connectivity index is 1.24. The summed E-state index contributed by atoms with van der Waals surface area (Å²) >= 11 is 0. The fraction of sp³-hybridized carbons (Fsp3) is 0.0667. The quantitative estimate of drug-likeness (QED) is 0.132. The lowest BCUT2D eigenvalue weighted by molar-refractivity contribution is 0.0689. The third-order valence-corrected chi connectivity index (χ3v) is 10.2. The summed E-state index contributed by atoms with van der Waals surface area (Å²) in [5.41, 5.74) is 6.22. The van der Waals surface area contributed by atoms with E-state index in [1.54, 1.807) is 12.1 Å². The van der Waals surface area contributed by atoms with Gasteiger partial charge in [-0.3, -0.25) is 9.59 Å². The number of carbonyl (C=O) groups is 4. The van der Waals surface area contributed by atoms with E-state index in [0.29, 0.717) is 5.69 Å². The SMILES string of the molecule is CNC(=O)c1cc(C(=O)Nc2ccc3cc(C4(c5ccc6cc(C)ccc6c5)c5ccccc5-c5ccccc54)ccc3c2)c(C(=O)O)cc1C(=O)O. The van der Waals surface area contributed by atoms with Crippen molar-refractivity contribution in [3.8, 4) is 11.1 Å².